The highest BCUT2D eigenvalue weighted by Crippen LogP contribution is 2.21. The van der Waals surface area contributed by atoms with Gasteiger partial charge in [-0.25, -0.2) is 8.42 Å². The van der Waals surface area contributed by atoms with Crippen molar-refractivity contribution in [2.75, 3.05) is 18.8 Å². The molecule has 1 fully saturated rings. The van der Waals surface area contributed by atoms with E-state index >= 15 is 0 Å². The van der Waals surface area contributed by atoms with E-state index in [0.29, 0.717) is 6.54 Å². The lowest BCUT2D eigenvalue weighted by Crippen LogP contribution is -2.86. The zero-order valence-corrected chi connectivity index (χ0v) is 9.26. The number of rotatable bonds is 5. The van der Waals surface area contributed by atoms with E-state index in [0.717, 1.165) is 12.5 Å². The van der Waals surface area contributed by atoms with Crippen LogP contribution in [0.4, 0.5) is 0 Å². The van der Waals surface area contributed by atoms with Gasteiger partial charge >= 0.3 is 0 Å². The maximum atomic E-state index is 10.3. The van der Waals surface area contributed by atoms with E-state index in [-0.39, 0.29) is 5.75 Å². The molecule has 0 heterocycles. The van der Waals surface area contributed by atoms with E-state index in [2.05, 4.69) is 0 Å². The molecule has 84 valence electrons. The van der Waals surface area contributed by atoms with Crippen molar-refractivity contribution in [1.82, 2.24) is 0 Å². The molecule has 0 aromatic carbocycles. The van der Waals surface area contributed by atoms with E-state index in [1.807, 2.05) is 5.32 Å². The quantitative estimate of drug-likeness (QED) is 0.510. The minimum atomic E-state index is -4.01. The predicted molar refractivity (Wildman–Crippen MR) is 52.8 cm³/mol. The molecule has 0 aromatic rings. The zero-order valence-electron chi connectivity index (χ0n) is 8.44. The second-order valence-electron chi connectivity index (χ2n) is 4.08. The van der Waals surface area contributed by atoms with Gasteiger partial charge in [0, 0.05) is 5.92 Å². The molecular formula is C9H19NO3S. The Morgan fingerprint density at radius 2 is 1.86 bits per heavy atom. The van der Waals surface area contributed by atoms with Gasteiger partial charge in [-0.3, -0.25) is 0 Å². The third-order valence-corrected chi connectivity index (χ3v) is 3.53. The molecule has 14 heavy (non-hydrogen) atoms. The number of quaternary nitrogens is 1. The summed E-state index contributed by atoms with van der Waals surface area (Å²) in [5.74, 6) is 0.498. The fourth-order valence-corrected chi connectivity index (χ4v) is 2.46. The van der Waals surface area contributed by atoms with Gasteiger partial charge in [-0.1, -0.05) is 19.3 Å². The molecule has 0 radical (unpaired) electrons. The molecule has 5 heteroatoms. The van der Waals surface area contributed by atoms with Crippen molar-refractivity contribution in [1.29, 1.82) is 0 Å². The van der Waals surface area contributed by atoms with Gasteiger partial charge in [0.05, 0.1) is 18.8 Å². The van der Waals surface area contributed by atoms with Gasteiger partial charge in [0.25, 0.3) is 0 Å². The molecule has 0 aromatic heterocycles. The normalized spacial score (nSPS) is 19.8. The van der Waals surface area contributed by atoms with Crippen LogP contribution in [0, 0.1) is 5.92 Å². The lowest BCUT2D eigenvalue weighted by atomic mass is 9.89. The highest BCUT2D eigenvalue weighted by atomic mass is 32.2. The summed E-state index contributed by atoms with van der Waals surface area (Å²) in [4.78, 5) is 0. The van der Waals surface area contributed by atoms with E-state index in [1.165, 1.54) is 32.1 Å². The Bertz CT molecular complexity index is 245. The van der Waals surface area contributed by atoms with Crippen LogP contribution < -0.4 is 5.32 Å². The van der Waals surface area contributed by atoms with E-state index in [1.54, 1.807) is 0 Å². The number of hydrogen-bond acceptors (Lipinski definition) is 3. The molecule has 1 aliphatic rings. The SMILES string of the molecule is O=S(=O)([O-])CC[NH2+]CC1CCCCC1. The second kappa shape index (κ2) is 5.68. The standard InChI is InChI=1S/C9H19NO3S/c11-14(12,13)7-6-10-8-9-4-2-1-3-5-9/h9-10H,1-8H2,(H,11,12,13). The Hall–Kier alpha value is -0.130. The Kier molecular flexibility index (Phi) is 4.84. The summed E-state index contributed by atoms with van der Waals surface area (Å²) in [7, 11) is -4.01. The highest BCUT2D eigenvalue weighted by Gasteiger charge is 2.14. The van der Waals surface area contributed by atoms with Crippen molar-refractivity contribution in [2.24, 2.45) is 5.92 Å². The van der Waals surface area contributed by atoms with Gasteiger partial charge < -0.3 is 9.87 Å². The Labute approximate surface area is 85.8 Å². The Morgan fingerprint density at radius 3 is 2.43 bits per heavy atom. The molecule has 0 saturated heterocycles. The lowest BCUT2D eigenvalue weighted by Gasteiger charge is -2.19. The summed E-state index contributed by atoms with van der Waals surface area (Å²) in [6.07, 6.45) is 6.48. The third kappa shape index (κ3) is 5.57. The van der Waals surface area contributed by atoms with Crippen LogP contribution in [0.1, 0.15) is 32.1 Å². The topological polar surface area (TPSA) is 73.8 Å². The van der Waals surface area contributed by atoms with Crippen molar-refractivity contribution in [2.45, 2.75) is 32.1 Å². The predicted octanol–water partition coefficient (Wildman–Crippen LogP) is -0.325. The summed E-state index contributed by atoms with van der Waals surface area (Å²) < 4.78 is 30.9. The molecule has 1 saturated carbocycles. The van der Waals surface area contributed by atoms with Gasteiger partial charge in [-0.15, -0.1) is 0 Å². The molecule has 0 spiro atoms. The molecule has 0 amide bonds. The van der Waals surface area contributed by atoms with Crippen LogP contribution in [0.25, 0.3) is 0 Å². The van der Waals surface area contributed by atoms with Crippen molar-refractivity contribution in [3.05, 3.63) is 0 Å². The molecular weight excluding hydrogens is 202 g/mol. The molecule has 0 atom stereocenters. The largest absolute Gasteiger partial charge is 0.748 e. The first-order chi connectivity index (χ1) is 6.58. The van der Waals surface area contributed by atoms with Crippen LogP contribution >= 0.6 is 0 Å². The second-order valence-corrected chi connectivity index (χ2v) is 5.60. The minimum absolute atomic E-state index is 0.236. The summed E-state index contributed by atoms with van der Waals surface area (Å²) in [6.45, 7) is 1.40. The molecule has 0 unspecified atom stereocenters. The molecule has 4 nitrogen and oxygen atoms in total. The van der Waals surface area contributed by atoms with E-state index in [4.69, 9.17) is 0 Å². The van der Waals surface area contributed by atoms with Gasteiger partial charge in [0.1, 0.15) is 10.1 Å². The molecule has 0 aliphatic heterocycles. The maximum Gasteiger partial charge on any atom is 0.100 e. The first-order valence-electron chi connectivity index (χ1n) is 5.33. The summed E-state index contributed by atoms with van der Waals surface area (Å²) in [5.41, 5.74) is 0. The monoisotopic (exact) mass is 221 g/mol. The van der Waals surface area contributed by atoms with Crippen LogP contribution in [-0.2, 0) is 10.1 Å². The first-order valence-corrected chi connectivity index (χ1v) is 6.91. The van der Waals surface area contributed by atoms with Gasteiger partial charge in [0.2, 0.25) is 0 Å². The summed E-state index contributed by atoms with van der Waals surface area (Å²) in [6, 6.07) is 0. The zero-order chi connectivity index (χ0) is 10.4. The van der Waals surface area contributed by atoms with Crippen LogP contribution in [0.15, 0.2) is 0 Å². The average molecular weight is 221 g/mol. The van der Waals surface area contributed by atoms with E-state index in [9.17, 15) is 13.0 Å². The van der Waals surface area contributed by atoms with Crippen molar-refractivity contribution in [3.8, 4) is 0 Å². The molecule has 1 rings (SSSR count). The van der Waals surface area contributed by atoms with Crippen LogP contribution in [0.5, 0.6) is 0 Å². The van der Waals surface area contributed by atoms with Crippen molar-refractivity contribution < 1.29 is 18.3 Å². The molecule has 2 N–H and O–H groups in total. The van der Waals surface area contributed by atoms with Crippen LogP contribution in [0.2, 0.25) is 0 Å². The fraction of sp³-hybridized carbons (Fsp3) is 1.00. The Balaban J connectivity index is 2.03. The minimum Gasteiger partial charge on any atom is -0.748 e. The maximum absolute atomic E-state index is 10.3. The number of hydrogen-bond donors (Lipinski definition) is 1. The van der Waals surface area contributed by atoms with E-state index < -0.39 is 10.1 Å². The molecule has 0 bridgehead atoms. The van der Waals surface area contributed by atoms with Crippen LogP contribution in [-0.4, -0.2) is 31.8 Å². The van der Waals surface area contributed by atoms with Crippen molar-refractivity contribution >= 4 is 10.1 Å². The van der Waals surface area contributed by atoms with Gasteiger partial charge in [-0.2, -0.15) is 0 Å². The Morgan fingerprint density at radius 1 is 1.21 bits per heavy atom. The van der Waals surface area contributed by atoms with Crippen molar-refractivity contribution in [3.63, 3.8) is 0 Å². The number of nitrogens with two attached hydrogens (primary N) is 1. The third-order valence-electron chi connectivity index (χ3n) is 2.80. The smallest absolute Gasteiger partial charge is 0.100 e. The fourth-order valence-electron chi connectivity index (χ4n) is 2.00. The summed E-state index contributed by atoms with van der Waals surface area (Å²) in [5, 5.41) is 1.96. The van der Waals surface area contributed by atoms with Crippen LogP contribution in [0.3, 0.4) is 0 Å². The summed E-state index contributed by atoms with van der Waals surface area (Å²) >= 11 is 0. The lowest BCUT2D eigenvalue weighted by molar-refractivity contribution is -0.657. The first kappa shape index (κ1) is 11.9. The molecule has 1 aliphatic carbocycles. The average Bonchev–Trinajstić information content (AvgIpc) is 2.13. The highest BCUT2D eigenvalue weighted by molar-refractivity contribution is 7.85. The van der Waals surface area contributed by atoms with Gasteiger partial charge in [0.15, 0.2) is 0 Å². The van der Waals surface area contributed by atoms with Gasteiger partial charge in [-0.05, 0) is 12.8 Å².